The third-order valence-electron chi connectivity index (χ3n) is 0.715. The van der Waals surface area contributed by atoms with E-state index in [0.29, 0.717) is 15.0 Å². The lowest BCUT2D eigenvalue weighted by Gasteiger charge is -1.82. The van der Waals surface area contributed by atoms with Crippen molar-refractivity contribution >= 4 is 40.2 Å². The average molecular weight is 168 g/mol. The molecule has 0 unspecified atom stereocenters. The highest BCUT2D eigenvalue weighted by atomic mass is 35.5. The van der Waals surface area contributed by atoms with E-state index in [1.165, 1.54) is 11.3 Å². The van der Waals surface area contributed by atoms with Crippen molar-refractivity contribution in [3.63, 3.8) is 0 Å². The van der Waals surface area contributed by atoms with E-state index in [1.54, 1.807) is 5.38 Å². The Balaban J connectivity index is 3.19. The van der Waals surface area contributed by atoms with Crippen LogP contribution in [0.2, 0.25) is 9.36 Å². The van der Waals surface area contributed by atoms with E-state index >= 15 is 0 Å². The van der Waals surface area contributed by atoms with E-state index in [1.807, 2.05) is 0 Å². The summed E-state index contributed by atoms with van der Waals surface area (Å²) < 4.78 is 0.559. The monoisotopic (exact) mass is 167 g/mol. The van der Waals surface area contributed by atoms with Crippen molar-refractivity contribution < 1.29 is 0 Å². The lowest BCUT2D eigenvalue weighted by Crippen LogP contribution is -1.77. The van der Waals surface area contributed by atoms with Gasteiger partial charge in [-0.15, -0.1) is 11.3 Å². The molecule has 1 heterocycles. The molecule has 1 aromatic rings. The van der Waals surface area contributed by atoms with Gasteiger partial charge in [-0.2, -0.15) is 0 Å². The molecule has 0 aromatic carbocycles. The fraction of sp³-hybridized carbons (Fsp3) is 0. The molecule has 1 aromatic heterocycles. The molecule has 8 heavy (non-hydrogen) atoms. The molecule has 4 heteroatoms. The summed E-state index contributed by atoms with van der Waals surface area (Å²) in [6.45, 7) is 0. The van der Waals surface area contributed by atoms with Crippen molar-refractivity contribution in [2.75, 3.05) is 5.73 Å². The first-order valence-corrected chi connectivity index (χ1v) is 3.53. The van der Waals surface area contributed by atoms with Crippen LogP contribution < -0.4 is 5.73 Å². The zero-order valence-corrected chi connectivity index (χ0v) is 6.15. The maximum Gasteiger partial charge on any atom is 0.114 e. The second-order valence-corrected chi connectivity index (χ2v) is 3.14. The first kappa shape index (κ1) is 6.20. The number of anilines is 1. The summed E-state index contributed by atoms with van der Waals surface area (Å²) >= 11 is 12.4. The van der Waals surface area contributed by atoms with Crippen LogP contribution in [0, 0.1) is 0 Å². The summed E-state index contributed by atoms with van der Waals surface area (Å²) in [5, 5.41) is 2.18. The number of hydrogen-bond acceptors (Lipinski definition) is 2. The maximum absolute atomic E-state index is 5.55. The van der Waals surface area contributed by atoms with Gasteiger partial charge in [-0.25, -0.2) is 0 Å². The van der Waals surface area contributed by atoms with E-state index < -0.39 is 0 Å². The van der Waals surface area contributed by atoms with Crippen LogP contribution in [0.3, 0.4) is 0 Å². The summed E-state index contributed by atoms with van der Waals surface area (Å²) in [4.78, 5) is 0. The average Bonchev–Trinajstić information content (AvgIpc) is 1.98. The Hall–Kier alpha value is 0.0800. The molecular formula is C4H3Cl2NS. The quantitative estimate of drug-likeness (QED) is 0.633. The Morgan fingerprint density at radius 2 is 2.12 bits per heavy atom. The van der Waals surface area contributed by atoms with Crippen LogP contribution in [-0.2, 0) is 0 Å². The van der Waals surface area contributed by atoms with Crippen LogP contribution in [0.15, 0.2) is 5.38 Å². The Labute approximate surface area is 61.0 Å². The van der Waals surface area contributed by atoms with E-state index in [0.717, 1.165) is 0 Å². The van der Waals surface area contributed by atoms with Gasteiger partial charge in [0, 0.05) is 5.38 Å². The summed E-state index contributed by atoms with van der Waals surface area (Å²) in [7, 11) is 0. The molecule has 0 radical (unpaired) electrons. The van der Waals surface area contributed by atoms with Crippen molar-refractivity contribution in [1.29, 1.82) is 0 Å². The molecule has 0 saturated carbocycles. The van der Waals surface area contributed by atoms with Gasteiger partial charge in [-0.3, -0.25) is 0 Å². The Kier molecular flexibility index (Phi) is 1.65. The molecule has 0 fully saturated rings. The molecule has 44 valence electrons. The SMILES string of the molecule is Nc1csc(Cl)c1Cl. The number of halogens is 2. The van der Waals surface area contributed by atoms with Gasteiger partial charge in [0.1, 0.15) is 4.34 Å². The van der Waals surface area contributed by atoms with Gasteiger partial charge in [-0.05, 0) is 0 Å². The second-order valence-electron chi connectivity index (χ2n) is 1.28. The van der Waals surface area contributed by atoms with E-state index in [2.05, 4.69) is 0 Å². The van der Waals surface area contributed by atoms with E-state index in [9.17, 15) is 0 Å². The van der Waals surface area contributed by atoms with Gasteiger partial charge >= 0.3 is 0 Å². The van der Waals surface area contributed by atoms with Crippen LogP contribution >= 0.6 is 34.5 Å². The topological polar surface area (TPSA) is 26.0 Å². The number of thiophene rings is 1. The summed E-state index contributed by atoms with van der Waals surface area (Å²) in [5.74, 6) is 0. The van der Waals surface area contributed by atoms with Gasteiger partial charge in [0.25, 0.3) is 0 Å². The van der Waals surface area contributed by atoms with Crippen molar-refractivity contribution in [2.45, 2.75) is 0 Å². The third-order valence-corrected chi connectivity index (χ3v) is 2.57. The molecule has 0 aliphatic heterocycles. The molecule has 0 aliphatic carbocycles. The molecule has 0 saturated heterocycles. The van der Waals surface area contributed by atoms with Crippen LogP contribution in [0.25, 0.3) is 0 Å². The van der Waals surface area contributed by atoms with Gasteiger partial charge in [0.15, 0.2) is 0 Å². The molecule has 0 amide bonds. The summed E-state index contributed by atoms with van der Waals surface area (Å²) in [6.07, 6.45) is 0. The molecular weight excluding hydrogens is 165 g/mol. The smallest absolute Gasteiger partial charge is 0.114 e. The highest BCUT2D eigenvalue weighted by Crippen LogP contribution is 2.33. The highest BCUT2D eigenvalue weighted by molar-refractivity contribution is 7.15. The predicted molar refractivity (Wildman–Crippen MR) is 38.8 cm³/mol. The van der Waals surface area contributed by atoms with Gasteiger partial charge in [0.05, 0.1) is 10.7 Å². The first-order chi connectivity index (χ1) is 3.72. The standard InChI is InChI=1S/C4H3Cl2NS/c5-3-2(7)1-8-4(3)6/h1H,7H2. The third kappa shape index (κ3) is 0.917. The zero-order chi connectivity index (χ0) is 6.15. The molecule has 0 spiro atoms. The number of nitrogen functional groups attached to an aromatic ring is 1. The van der Waals surface area contributed by atoms with Crippen molar-refractivity contribution in [1.82, 2.24) is 0 Å². The second kappa shape index (κ2) is 2.13. The van der Waals surface area contributed by atoms with Gasteiger partial charge in [0.2, 0.25) is 0 Å². The maximum atomic E-state index is 5.55. The van der Waals surface area contributed by atoms with Crippen LogP contribution in [-0.4, -0.2) is 0 Å². The minimum absolute atomic E-state index is 0.469. The van der Waals surface area contributed by atoms with Crippen LogP contribution in [0.1, 0.15) is 0 Å². The highest BCUT2D eigenvalue weighted by Gasteiger charge is 2.01. The fourth-order valence-electron chi connectivity index (χ4n) is 0.332. The van der Waals surface area contributed by atoms with Crippen molar-refractivity contribution in [3.8, 4) is 0 Å². The predicted octanol–water partition coefficient (Wildman–Crippen LogP) is 2.64. The minimum atomic E-state index is 0.469. The Morgan fingerprint density at radius 1 is 1.50 bits per heavy atom. The molecule has 1 nitrogen and oxygen atoms in total. The van der Waals surface area contributed by atoms with Gasteiger partial charge < -0.3 is 5.73 Å². The van der Waals surface area contributed by atoms with Crippen LogP contribution in [0.5, 0.6) is 0 Å². The lowest BCUT2D eigenvalue weighted by molar-refractivity contribution is 1.88. The van der Waals surface area contributed by atoms with Crippen LogP contribution in [0.4, 0.5) is 5.69 Å². The lowest BCUT2D eigenvalue weighted by atomic mass is 10.6. The van der Waals surface area contributed by atoms with Crippen molar-refractivity contribution in [3.05, 3.63) is 14.7 Å². The zero-order valence-electron chi connectivity index (χ0n) is 3.82. The summed E-state index contributed by atoms with van der Waals surface area (Å²) in [6, 6.07) is 0. The van der Waals surface area contributed by atoms with Gasteiger partial charge in [-0.1, -0.05) is 23.2 Å². The van der Waals surface area contributed by atoms with Crippen molar-refractivity contribution in [2.24, 2.45) is 0 Å². The van der Waals surface area contributed by atoms with E-state index in [4.69, 9.17) is 28.9 Å². The molecule has 1 rings (SSSR count). The number of rotatable bonds is 0. The minimum Gasteiger partial charge on any atom is -0.397 e. The number of nitrogens with two attached hydrogens (primary N) is 1. The largest absolute Gasteiger partial charge is 0.397 e. The molecule has 0 atom stereocenters. The fourth-order valence-corrected chi connectivity index (χ4v) is 1.40. The van der Waals surface area contributed by atoms with E-state index in [-0.39, 0.29) is 0 Å². The first-order valence-electron chi connectivity index (χ1n) is 1.90. The molecule has 0 aliphatic rings. The molecule has 0 bridgehead atoms. The Morgan fingerprint density at radius 3 is 2.25 bits per heavy atom. The Bertz CT molecular complexity index is 176. The normalized spacial score (nSPS) is 9.75. The number of hydrogen-bond donors (Lipinski definition) is 1. The summed E-state index contributed by atoms with van der Waals surface area (Å²) in [5.41, 5.74) is 5.89. The molecule has 2 N–H and O–H groups in total.